The minimum absolute atomic E-state index is 0.197. The van der Waals surface area contributed by atoms with Crippen LogP contribution in [0.5, 0.6) is 0 Å². The van der Waals surface area contributed by atoms with Crippen molar-refractivity contribution >= 4 is 44.9 Å². The van der Waals surface area contributed by atoms with Gasteiger partial charge < -0.3 is 9.47 Å². The average molecular weight is 394 g/mol. The number of rotatable bonds is 6. The normalized spacial score (nSPS) is 12.9. The van der Waals surface area contributed by atoms with E-state index in [0.717, 1.165) is 0 Å². The van der Waals surface area contributed by atoms with Gasteiger partial charge in [-0.2, -0.15) is 13.1 Å². The van der Waals surface area contributed by atoms with Gasteiger partial charge in [0.2, 0.25) is 0 Å². The van der Waals surface area contributed by atoms with Crippen LogP contribution in [0.2, 0.25) is 0 Å². The van der Waals surface area contributed by atoms with Crippen LogP contribution in [0.3, 0.4) is 0 Å². The predicted octanol–water partition coefficient (Wildman–Crippen LogP) is -0.0680. The number of alkyl halides is 1. The molecule has 10 heteroatoms. The van der Waals surface area contributed by atoms with Crippen molar-refractivity contribution in [2.24, 2.45) is 0 Å². The predicted molar refractivity (Wildman–Crippen MR) is 71.5 cm³/mol. The van der Waals surface area contributed by atoms with Crippen LogP contribution >= 0.6 is 22.6 Å². The summed E-state index contributed by atoms with van der Waals surface area (Å²) in [5.41, 5.74) is 0. The number of carbonyl (C=O) groups is 2. The van der Waals surface area contributed by atoms with Gasteiger partial charge in [0.1, 0.15) is 3.92 Å². The van der Waals surface area contributed by atoms with Crippen molar-refractivity contribution in [1.82, 2.24) is 9.44 Å². The summed E-state index contributed by atoms with van der Waals surface area (Å²) < 4.78 is 34.7. The number of halogens is 1. The third-order valence-electron chi connectivity index (χ3n) is 1.47. The maximum atomic E-state index is 11.4. The van der Waals surface area contributed by atoms with Crippen LogP contribution in [-0.4, -0.2) is 44.2 Å². The standard InChI is InChI=1S/C8H15IN2O6S/c1-5(2)17-8(13)11-18(14,15)10-4-6(9)7(12)16-3/h5-6,10H,4H2,1-3H3,(H,11,13). The zero-order valence-corrected chi connectivity index (χ0v) is 13.1. The number of amides is 1. The molecular formula is C8H15IN2O6S. The topological polar surface area (TPSA) is 111 Å². The fourth-order valence-electron chi connectivity index (χ4n) is 0.778. The molecule has 0 saturated carbocycles. The van der Waals surface area contributed by atoms with Gasteiger partial charge in [0, 0.05) is 6.54 Å². The molecule has 1 unspecified atom stereocenters. The SMILES string of the molecule is COC(=O)C(I)CNS(=O)(=O)NC(=O)OC(C)C. The van der Waals surface area contributed by atoms with Crippen molar-refractivity contribution in [3.8, 4) is 0 Å². The van der Waals surface area contributed by atoms with Crippen LogP contribution in [0.1, 0.15) is 13.8 Å². The number of carbonyl (C=O) groups excluding carboxylic acids is 2. The van der Waals surface area contributed by atoms with Crippen molar-refractivity contribution < 1.29 is 27.5 Å². The Morgan fingerprint density at radius 2 is 1.89 bits per heavy atom. The van der Waals surface area contributed by atoms with Crippen LogP contribution < -0.4 is 9.44 Å². The molecule has 1 atom stereocenters. The number of nitrogens with one attached hydrogen (secondary N) is 2. The lowest BCUT2D eigenvalue weighted by Crippen LogP contribution is -2.44. The van der Waals surface area contributed by atoms with E-state index in [9.17, 15) is 18.0 Å². The lowest BCUT2D eigenvalue weighted by atomic mass is 10.4. The summed E-state index contributed by atoms with van der Waals surface area (Å²) in [7, 11) is -2.86. The molecule has 0 aromatic carbocycles. The molecule has 2 N–H and O–H groups in total. The highest BCUT2D eigenvalue weighted by Gasteiger charge is 2.21. The first-order chi connectivity index (χ1) is 8.18. The molecule has 0 radical (unpaired) electrons. The Morgan fingerprint density at radius 3 is 2.33 bits per heavy atom. The largest absolute Gasteiger partial charge is 0.468 e. The highest BCUT2D eigenvalue weighted by Crippen LogP contribution is 2.01. The summed E-state index contributed by atoms with van der Waals surface area (Å²) in [5.74, 6) is -0.567. The molecule has 0 aliphatic carbocycles. The minimum atomic E-state index is -4.05. The van der Waals surface area contributed by atoms with E-state index in [1.807, 2.05) is 4.72 Å². The quantitative estimate of drug-likeness (QED) is 0.371. The molecule has 0 aliphatic heterocycles. The van der Waals surface area contributed by atoms with Gasteiger partial charge in [0.25, 0.3) is 0 Å². The van der Waals surface area contributed by atoms with Gasteiger partial charge >= 0.3 is 22.3 Å². The number of hydrogen-bond acceptors (Lipinski definition) is 6. The lowest BCUT2D eigenvalue weighted by Gasteiger charge is -2.12. The van der Waals surface area contributed by atoms with E-state index in [-0.39, 0.29) is 6.54 Å². The summed E-state index contributed by atoms with van der Waals surface area (Å²) in [6.45, 7) is 2.97. The Labute approximate surface area is 119 Å². The van der Waals surface area contributed by atoms with E-state index in [0.29, 0.717) is 0 Å². The van der Waals surface area contributed by atoms with Gasteiger partial charge in [0.15, 0.2) is 0 Å². The highest BCUT2D eigenvalue weighted by atomic mass is 127. The molecule has 0 spiro atoms. The number of ether oxygens (including phenoxy) is 2. The molecule has 0 fully saturated rings. The molecule has 0 aromatic heterocycles. The maximum Gasteiger partial charge on any atom is 0.422 e. The summed E-state index contributed by atoms with van der Waals surface area (Å²) in [6, 6.07) is 0. The van der Waals surface area contributed by atoms with Crippen LogP contribution in [0, 0.1) is 0 Å². The highest BCUT2D eigenvalue weighted by molar-refractivity contribution is 14.1. The fourth-order valence-corrected chi connectivity index (χ4v) is 2.28. The average Bonchev–Trinajstić information content (AvgIpc) is 2.22. The van der Waals surface area contributed by atoms with Crippen LogP contribution in [0.15, 0.2) is 0 Å². The van der Waals surface area contributed by atoms with E-state index >= 15 is 0 Å². The van der Waals surface area contributed by atoms with E-state index in [4.69, 9.17) is 0 Å². The maximum absolute atomic E-state index is 11.4. The molecule has 0 bridgehead atoms. The van der Waals surface area contributed by atoms with E-state index < -0.39 is 32.3 Å². The van der Waals surface area contributed by atoms with Gasteiger partial charge in [-0.1, -0.05) is 22.6 Å². The molecule has 0 saturated heterocycles. The first-order valence-corrected chi connectivity index (χ1v) is 7.60. The third kappa shape index (κ3) is 7.66. The second kappa shape index (κ2) is 7.74. The molecule has 0 aromatic rings. The second-order valence-corrected chi connectivity index (χ2v) is 6.40. The van der Waals surface area contributed by atoms with Crippen LogP contribution in [0.4, 0.5) is 4.79 Å². The Balaban J connectivity index is 4.24. The van der Waals surface area contributed by atoms with Crippen molar-refractivity contribution in [3.05, 3.63) is 0 Å². The molecule has 106 valence electrons. The Kier molecular flexibility index (Phi) is 7.47. The van der Waals surface area contributed by atoms with Crippen LogP contribution in [0.25, 0.3) is 0 Å². The Bertz CT molecular complexity index is 396. The van der Waals surface area contributed by atoms with Gasteiger partial charge in [-0.25, -0.2) is 9.52 Å². The molecule has 18 heavy (non-hydrogen) atoms. The number of hydrogen-bond donors (Lipinski definition) is 2. The molecule has 0 rings (SSSR count). The molecule has 0 aliphatic rings. The van der Waals surface area contributed by atoms with Crippen molar-refractivity contribution in [3.63, 3.8) is 0 Å². The summed E-state index contributed by atoms with van der Waals surface area (Å²) in [6.07, 6.45) is -1.52. The molecule has 1 amide bonds. The fraction of sp³-hybridized carbons (Fsp3) is 0.750. The summed E-state index contributed by atoms with van der Waals surface area (Å²) in [4.78, 5) is 22.1. The Hall–Kier alpha value is -0.620. The van der Waals surface area contributed by atoms with Gasteiger partial charge in [-0.05, 0) is 13.8 Å². The lowest BCUT2D eigenvalue weighted by molar-refractivity contribution is -0.139. The smallest absolute Gasteiger partial charge is 0.422 e. The molecular weight excluding hydrogens is 379 g/mol. The zero-order valence-electron chi connectivity index (χ0n) is 10.1. The van der Waals surface area contributed by atoms with Crippen molar-refractivity contribution in [2.75, 3.05) is 13.7 Å². The van der Waals surface area contributed by atoms with E-state index in [2.05, 4.69) is 9.47 Å². The van der Waals surface area contributed by atoms with Crippen molar-refractivity contribution in [1.29, 1.82) is 0 Å². The first-order valence-electron chi connectivity index (χ1n) is 4.88. The third-order valence-corrected chi connectivity index (χ3v) is 3.40. The van der Waals surface area contributed by atoms with E-state index in [1.54, 1.807) is 41.2 Å². The molecule has 0 heterocycles. The number of methoxy groups -OCH3 is 1. The summed E-state index contributed by atoms with van der Waals surface area (Å²) in [5, 5.41) is 0. The van der Waals surface area contributed by atoms with Crippen molar-refractivity contribution in [2.45, 2.75) is 23.9 Å². The van der Waals surface area contributed by atoms with Crippen LogP contribution in [-0.2, 0) is 24.5 Å². The van der Waals surface area contributed by atoms with E-state index in [1.165, 1.54) is 7.11 Å². The van der Waals surface area contributed by atoms with Gasteiger partial charge in [-0.3, -0.25) is 4.79 Å². The Morgan fingerprint density at radius 1 is 1.33 bits per heavy atom. The minimum Gasteiger partial charge on any atom is -0.468 e. The monoisotopic (exact) mass is 394 g/mol. The zero-order chi connectivity index (χ0) is 14.3. The second-order valence-electron chi connectivity index (χ2n) is 3.40. The first kappa shape index (κ1) is 17.4. The molecule has 8 nitrogen and oxygen atoms in total. The summed E-state index contributed by atoms with van der Waals surface area (Å²) >= 11 is 1.72. The van der Waals surface area contributed by atoms with Gasteiger partial charge in [0.05, 0.1) is 13.2 Å². The van der Waals surface area contributed by atoms with Gasteiger partial charge in [-0.15, -0.1) is 0 Å². The number of esters is 1.